The summed E-state index contributed by atoms with van der Waals surface area (Å²) in [6.45, 7) is 1.61. The first-order valence-corrected chi connectivity index (χ1v) is 8.47. The molecule has 7 heteroatoms. The van der Waals surface area contributed by atoms with Crippen LogP contribution < -0.4 is 9.47 Å². The Bertz CT molecular complexity index is 750. The van der Waals surface area contributed by atoms with Crippen LogP contribution in [-0.2, 0) is 9.53 Å². The van der Waals surface area contributed by atoms with E-state index >= 15 is 0 Å². The Balaban J connectivity index is 2.01. The molecule has 2 aromatic carbocycles. The number of esters is 2. The molecule has 0 unspecified atom stereocenters. The van der Waals surface area contributed by atoms with Gasteiger partial charge in [0.05, 0.1) is 17.1 Å². The molecule has 0 heterocycles. The first-order chi connectivity index (χ1) is 11.4. The van der Waals surface area contributed by atoms with E-state index in [9.17, 15) is 9.59 Å². The number of rotatable bonds is 5. The Labute approximate surface area is 156 Å². The van der Waals surface area contributed by atoms with Crippen LogP contribution in [0.3, 0.4) is 0 Å². The van der Waals surface area contributed by atoms with Gasteiger partial charge in [-0.15, -0.1) is 0 Å². The Morgan fingerprint density at radius 2 is 1.88 bits per heavy atom. The van der Waals surface area contributed by atoms with Gasteiger partial charge in [0.25, 0.3) is 0 Å². The molecule has 0 saturated heterocycles. The number of carbonyl (C=O) groups excluding carboxylic acids is 2. The minimum Gasteiger partial charge on any atom is -0.480 e. The number of carbonyl (C=O) groups is 2. The topological polar surface area (TPSA) is 61.8 Å². The molecule has 2 aromatic rings. The van der Waals surface area contributed by atoms with Crippen molar-refractivity contribution in [2.45, 2.75) is 6.92 Å². The number of hydrogen-bond acceptors (Lipinski definition) is 5. The molecular weight excluding hydrogens is 444 g/mol. The molecule has 0 bridgehead atoms. The van der Waals surface area contributed by atoms with Gasteiger partial charge in [-0.05, 0) is 58.7 Å². The number of halogens is 2. The second-order valence-electron chi connectivity index (χ2n) is 4.82. The van der Waals surface area contributed by atoms with Crippen molar-refractivity contribution in [3.05, 3.63) is 56.5 Å². The Kier molecular flexibility index (Phi) is 6.39. The van der Waals surface area contributed by atoms with E-state index in [-0.39, 0.29) is 12.4 Å². The van der Waals surface area contributed by atoms with Crippen molar-refractivity contribution < 1.29 is 23.8 Å². The molecule has 0 atom stereocenters. The molecule has 0 spiro atoms. The maximum Gasteiger partial charge on any atom is 0.349 e. The van der Waals surface area contributed by atoms with Gasteiger partial charge in [0.15, 0.2) is 6.61 Å². The van der Waals surface area contributed by atoms with Gasteiger partial charge in [0.2, 0.25) is 0 Å². The van der Waals surface area contributed by atoms with Gasteiger partial charge in [0, 0.05) is 4.47 Å². The largest absolute Gasteiger partial charge is 0.480 e. The zero-order valence-electron chi connectivity index (χ0n) is 13.0. The predicted molar refractivity (Wildman–Crippen MR) is 95.5 cm³/mol. The molecule has 0 aliphatic heterocycles. The van der Waals surface area contributed by atoms with Crippen molar-refractivity contribution in [3.63, 3.8) is 0 Å². The summed E-state index contributed by atoms with van der Waals surface area (Å²) in [5, 5.41) is 0. The second kappa shape index (κ2) is 8.30. The van der Waals surface area contributed by atoms with E-state index in [4.69, 9.17) is 9.47 Å². The molecule has 0 aromatic heterocycles. The van der Waals surface area contributed by atoms with Gasteiger partial charge in [-0.2, -0.15) is 0 Å². The van der Waals surface area contributed by atoms with Crippen molar-refractivity contribution >= 4 is 43.8 Å². The quantitative estimate of drug-likeness (QED) is 0.495. The van der Waals surface area contributed by atoms with E-state index in [1.54, 1.807) is 18.2 Å². The van der Waals surface area contributed by atoms with Crippen molar-refractivity contribution in [1.29, 1.82) is 0 Å². The fourth-order valence-electron chi connectivity index (χ4n) is 1.97. The molecule has 0 N–H and O–H groups in total. The van der Waals surface area contributed by atoms with Gasteiger partial charge >= 0.3 is 11.9 Å². The highest BCUT2D eigenvalue weighted by molar-refractivity contribution is 9.11. The van der Waals surface area contributed by atoms with E-state index in [2.05, 4.69) is 36.6 Å². The van der Waals surface area contributed by atoms with Crippen molar-refractivity contribution in [3.8, 4) is 11.5 Å². The molecular formula is C17H14Br2O5. The summed E-state index contributed by atoms with van der Waals surface area (Å²) in [5.41, 5.74) is 1.17. The van der Waals surface area contributed by atoms with Gasteiger partial charge < -0.3 is 14.2 Å². The minimum absolute atomic E-state index is 0.248. The fraction of sp³-hybridized carbons (Fsp3) is 0.176. The lowest BCUT2D eigenvalue weighted by atomic mass is 10.2. The third-order valence-electron chi connectivity index (χ3n) is 3.02. The summed E-state index contributed by atoms with van der Waals surface area (Å²) in [4.78, 5) is 23.4. The van der Waals surface area contributed by atoms with Crippen LogP contribution in [0.15, 0.2) is 45.3 Å². The molecule has 0 fully saturated rings. The smallest absolute Gasteiger partial charge is 0.349 e. The molecule has 0 aliphatic carbocycles. The van der Waals surface area contributed by atoms with Crippen LogP contribution in [0, 0.1) is 6.92 Å². The Morgan fingerprint density at radius 1 is 1.12 bits per heavy atom. The van der Waals surface area contributed by atoms with E-state index in [1.165, 1.54) is 13.2 Å². The monoisotopic (exact) mass is 456 g/mol. The average Bonchev–Trinajstić information content (AvgIpc) is 2.53. The van der Waals surface area contributed by atoms with Crippen LogP contribution in [0.5, 0.6) is 11.5 Å². The first-order valence-electron chi connectivity index (χ1n) is 6.88. The van der Waals surface area contributed by atoms with Crippen LogP contribution in [0.1, 0.15) is 15.9 Å². The van der Waals surface area contributed by atoms with Crippen LogP contribution in [-0.4, -0.2) is 25.7 Å². The van der Waals surface area contributed by atoms with Crippen LogP contribution in [0.2, 0.25) is 0 Å². The second-order valence-corrected chi connectivity index (χ2v) is 6.59. The van der Waals surface area contributed by atoms with Crippen LogP contribution in [0.25, 0.3) is 0 Å². The third-order valence-corrected chi connectivity index (χ3v) is 4.06. The highest BCUT2D eigenvalue weighted by Crippen LogP contribution is 2.32. The number of aryl methyl sites for hydroxylation is 1. The Hall–Kier alpha value is -1.86. The molecule has 0 aliphatic rings. The standard InChI is InChI=1S/C17H14Br2O5/c1-10-6-12(18)8-14(19)16(10)23-9-15(20)24-13-5-3-4-11(7-13)17(21)22-2/h3-8H,9H2,1-2H3. The minimum atomic E-state index is -0.578. The number of methoxy groups -OCH3 is 1. The lowest BCUT2D eigenvalue weighted by Gasteiger charge is -2.11. The molecule has 126 valence electrons. The van der Waals surface area contributed by atoms with Gasteiger partial charge in [-0.25, -0.2) is 9.59 Å². The van der Waals surface area contributed by atoms with Gasteiger partial charge in [0.1, 0.15) is 11.5 Å². The third kappa shape index (κ3) is 4.82. The summed E-state index contributed by atoms with van der Waals surface area (Å²) >= 11 is 6.77. The van der Waals surface area contributed by atoms with Crippen molar-refractivity contribution in [1.82, 2.24) is 0 Å². The van der Waals surface area contributed by atoms with E-state index in [1.807, 2.05) is 19.1 Å². The van der Waals surface area contributed by atoms with Crippen molar-refractivity contribution in [2.24, 2.45) is 0 Å². The summed E-state index contributed by atoms with van der Waals surface area (Å²) in [6, 6.07) is 9.89. The van der Waals surface area contributed by atoms with Crippen LogP contribution >= 0.6 is 31.9 Å². The summed E-state index contributed by atoms with van der Waals surface area (Å²) in [6.07, 6.45) is 0. The van der Waals surface area contributed by atoms with Crippen LogP contribution in [0.4, 0.5) is 0 Å². The normalized spacial score (nSPS) is 10.2. The SMILES string of the molecule is COC(=O)c1cccc(OC(=O)COc2c(C)cc(Br)cc2Br)c1. The number of hydrogen-bond donors (Lipinski definition) is 0. The molecule has 2 rings (SSSR count). The maximum atomic E-state index is 11.9. The summed E-state index contributed by atoms with van der Waals surface area (Å²) in [5.74, 6) is -0.263. The van der Waals surface area contributed by atoms with Gasteiger partial charge in [-0.1, -0.05) is 22.0 Å². The maximum absolute atomic E-state index is 11.9. The molecule has 0 amide bonds. The molecule has 0 radical (unpaired) electrons. The first kappa shape index (κ1) is 18.5. The fourth-order valence-corrected chi connectivity index (χ4v) is 3.52. The highest BCUT2D eigenvalue weighted by Gasteiger charge is 2.12. The molecule has 5 nitrogen and oxygen atoms in total. The lowest BCUT2D eigenvalue weighted by Crippen LogP contribution is -2.18. The highest BCUT2D eigenvalue weighted by atomic mass is 79.9. The molecule has 0 saturated carbocycles. The predicted octanol–water partition coefficient (Wildman–Crippen LogP) is 4.29. The van der Waals surface area contributed by atoms with E-state index < -0.39 is 11.9 Å². The average molecular weight is 458 g/mol. The summed E-state index contributed by atoms with van der Waals surface area (Å²) in [7, 11) is 1.28. The van der Waals surface area contributed by atoms with E-state index in [0.29, 0.717) is 11.3 Å². The number of benzene rings is 2. The van der Waals surface area contributed by atoms with E-state index in [0.717, 1.165) is 14.5 Å². The lowest BCUT2D eigenvalue weighted by molar-refractivity contribution is -0.136. The Morgan fingerprint density at radius 3 is 2.54 bits per heavy atom. The van der Waals surface area contributed by atoms with Gasteiger partial charge in [-0.3, -0.25) is 0 Å². The van der Waals surface area contributed by atoms with Crippen molar-refractivity contribution in [2.75, 3.05) is 13.7 Å². The zero-order chi connectivity index (χ0) is 17.7. The number of ether oxygens (including phenoxy) is 3. The molecule has 24 heavy (non-hydrogen) atoms. The zero-order valence-corrected chi connectivity index (χ0v) is 16.1. The summed E-state index contributed by atoms with van der Waals surface area (Å²) < 4.78 is 17.0.